The maximum atomic E-state index is 14.1. The molecule has 0 radical (unpaired) electrons. The Kier molecular flexibility index (Phi) is 9.71. The molecule has 2 nitrogen and oxygen atoms in total. The van der Waals surface area contributed by atoms with Crippen molar-refractivity contribution in [2.24, 2.45) is 16.2 Å². The fraction of sp³-hybridized carbons (Fsp3) is 0.214. The zero-order valence-electron chi connectivity index (χ0n) is 26.4. The van der Waals surface area contributed by atoms with Gasteiger partial charge in [-0.25, -0.2) is 0 Å². The molecule has 0 unspecified atom stereocenters. The van der Waals surface area contributed by atoms with Crippen LogP contribution in [0.5, 0.6) is 0 Å². The molecule has 0 heterocycles. The third kappa shape index (κ3) is 7.43. The molecule has 0 aromatic heterocycles. The standard InChI is InChI=1S/C42H38O2/c1-40(2,3)37(39(44)38(43)35-25-17-10-18-26-35)31-36(34-23-15-9-16-24-34)42(41(4,5)6,29-27-32-19-11-7-12-20-32)30-28-33-21-13-8-14-22-33/h7-26H,1-6H3. The highest BCUT2D eigenvalue weighted by Crippen LogP contribution is 2.49. The molecule has 0 N–H and O–H groups in total. The first kappa shape index (κ1) is 31.8. The van der Waals surface area contributed by atoms with Crippen molar-refractivity contribution in [3.63, 3.8) is 0 Å². The number of ketones is 2. The summed E-state index contributed by atoms with van der Waals surface area (Å²) in [7, 11) is 0. The lowest BCUT2D eigenvalue weighted by atomic mass is 9.61. The molecule has 0 saturated carbocycles. The Bertz CT molecular complexity index is 1750. The molecule has 44 heavy (non-hydrogen) atoms. The average Bonchev–Trinajstić information content (AvgIpc) is 3.02. The van der Waals surface area contributed by atoms with Gasteiger partial charge in [0.05, 0.1) is 5.57 Å². The molecule has 0 aliphatic carbocycles. The highest BCUT2D eigenvalue weighted by molar-refractivity contribution is 6.49. The molecule has 0 saturated heterocycles. The maximum absolute atomic E-state index is 14.1. The highest BCUT2D eigenvalue weighted by Gasteiger charge is 2.44. The van der Waals surface area contributed by atoms with Gasteiger partial charge in [0.2, 0.25) is 11.6 Å². The minimum atomic E-state index is -1.10. The molecular weight excluding hydrogens is 536 g/mol. The number of Topliss-reactive ketones (excluding diaryl/α,β-unsaturated/α-hetero) is 2. The Labute approximate surface area is 262 Å². The summed E-state index contributed by atoms with van der Waals surface area (Å²) in [4.78, 5) is 27.6. The molecule has 4 rings (SSSR count). The van der Waals surface area contributed by atoms with Gasteiger partial charge in [-0.2, -0.15) is 0 Å². The third-order valence-electron chi connectivity index (χ3n) is 7.37. The van der Waals surface area contributed by atoms with E-state index in [9.17, 15) is 9.59 Å². The fourth-order valence-corrected chi connectivity index (χ4v) is 4.81. The first-order valence-corrected chi connectivity index (χ1v) is 14.8. The molecule has 0 spiro atoms. The van der Waals surface area contributed by atoms with Crippen molar-refractivity contribution in [1.29, 1.82) is 0 Å². The van der Waals surface area contributed by atoms with Crippen LogP contribution in [0.25, 0.3) is 5.57 Å². The average molecular weight is 575 g/mol. The van der Waals surface area contributed by atoms with Crippen molar-refractivity contribution in [3.05, 3.63) is 155 Å². The first-order chi connectivity index (χ1) is 20.9. The predicted octanol–water partition coefficient (Wildman–Crippen LogP) is 9.23. The second-order valence-electron chi connectivity index (χ2n) is 12.7. The summed E-state index contributed by atoms with van der Waals surface area (Å²) in [6.45, 7) is 12.1. The summed E-state index contributed by atoms with van der Waals surface area (Å²) in [5, 5.41) is 0. The quantitative estimate of drug-likeness (QED) is 0.0783. The van der Waals surface area contributed by atoms with E-state index in [2.05, 4.69) is 50.2 Å². The Morgan fingerprint density at radius 1 is 0.523 bits per heavy atom. The Morgan fingerprint density at radius 2 is 0.909 bits per heavy atom. The summed E-state index contributed by atoms with van der Waals surface area (Å²) in [6.07, 6.45) is 0. The summed E-state index contributed by atoms with van der Waals surface area (Å²) in [5.74, 6) is 12.8. The largest absolute Gasteiger partial charge is 0.285 e. The van der Waals surface area contributed by atoms with Crippen molar-refractivity contribution in [3.8, 4) is 23.7 Å². The van der Waals surface area contributed by atoms with Crippen LogP contribution in [0, 0.1) is 39.9 Å². The molecule has 218 valence electrons. The van der Waals surface area contributed by atoms with Crippen LogP contribution < -0.4 is 0 Å². The van der Waals surface area contributed by atoms with E-state index in [1.54, 1.807) is 24.3 Å². The van der Waals surface area contributed by atoms with E-state index in [-0.39, 0.29) is 5.57 Å². The molecular formula is C42H38O2. The molecule has 2 heteroatoms. The topological polar surface area (TPSA) is 34.1 Å². The van der Waals surface area contributed by atoms with Gasteiger partial charge in [0.15, 0.2) is 0 Å². The Balaban J connectivity index is 2.17. The third-order valence-corrected chi connectivity index (χ3v) is 7.37. The molecule has 4 aromatic carbocycles. The number of allylic oxidation sites excluding steroid dienone is 1. The van der Waals surface area contributed by atoms with Crippen molar-refractivity contribution < 1.29 is 9.59 Å². The number of hydrogen-bond acceptors (Lipinski definition) is 2. The second kappa shape index (κ2) is 13.4. The van der Waals surface area contributed by atoms with E-state index in [0.29, 0.717) is 11.1 Å². The van der Waals surface area contributed by atoms with Crippen LogP contribution in [0.2, 0.25) is 0 Å². The van der Waals surface area contributed by atoms with Gasteiger partial charge in [-0.15, -0.1) is 5.73 Å². The molecule has 0 aliphatic heterocycles. The van der Waals surface area contributed by atoms with Gasteiger partial charge in [0.1, 0.15) is 5.41 Å². The summed E-state index contributed by atoms with van der Waals surface area (Å²) >= 11 is 0. The minimum Gasteiger partial charge on any atom is -0.285 e. The summed E-state index contributed by atoms with van der Waals surface area (Å²) in [6, 6.07) is 38.1. The fourth-order valence-electron chi connectivity index (χ4n) is 4.81. The zero-order chi connectivity index (χ0) is 31.8. The maximum Gasteiger partial charge on any atom is 0.237 e. The van der Waals surface area contributed by atoms with E-state index in [4.69, 9.17) is 0 Å². The SMILES string of the molecule is CC(C)(C)C(=C=C(c1ccccc1)C(C#Cc1ccccc1)(C#Cc1ccccc1)C(C)(C)C)C(=O)C(=O)c1ccccc1. The smallest absolute Gasteiger partial charge is 0.237 e. The van der Waals surface area contributed by atoms with E-state index in [1.165, 1.54) is 0 Å². The monoisotopic (exact) mass is 574 g/mol. The Hall–Kier alpha value is -5.14. The number of hydrogen-bond donors (Lipinski definition) is 0. The number of benzene rings is 4. The lowest BCUT2D eigenvalue weighted by molar-refractivity contribution is -0.112. The number of carbonyl (C=O) groups is 2. The van der Waals surface area contributed by atoms with Crippen LogP contribution in [0.3, 0.4) is 0 Å². The van der Waals surface area contributed by atoms with Gasteiger partial charge in [-0.3, -0.25) is 9.59 Å². The van der Waals surface area contributed by atoms with Crippen LogP contribution in [0.15, 0.2) is 133 Å². The normalized spacial score (nSPS) is 11.1. The van der Waals surface area contributed by atoms with E-state index in [1.807, 2.05) is 118 Å². The molecule has 0 atom stereocenters. The van der Waals surface area contributed by atoms with Crippen LogP contribution in [-0.4, -0.2) is 11.6 Å². The van der Waals surface area contributed by atoms with Gasteiger partial charge in [-0.1, -0.05) is 162 Å². The van der Waals surface area contributed by atoms with Crippen molar-refractivity contribution >= 4 is 17.1 Å². The molecule has 4 aromatic rings. The molecule has 0 aliphatic rings. The summed E-state index contributed by atoms with van der Waals surface area (Å²) in [5.41, 5.74) is 4.99. The van der Waals surface area contributed by atoms with Crippen LogP contribution >= 0.6 is 0 Å². The molecule has 0 fully saturated rings. The Morgan fingerprint density at radius 3 is 1.30 bits per heavy atom. The van der Waals surface area contributed by atoms with Crippen molar-refractivity contribution in [1.82, 2.24) is 0 Å². The minimum absolute atomic E-state index is 0.279. The highest BCUT2D eigenvalue weighted by atomic mass is 16.2. The van der Waals surface area contributed by atoms with Crippen molar-refractivity contribution in [2.75, 3.05) is 0 Å². The van der Waals surface area contributed by atoms with Gasteiger partial charge in [0, 0.05) is 22.3 Å². The van der Waals surface area contributed by atoms with E-state index < -0.39 is 27.8 Å². The van der Waals surface area contributed by atoms with E-state index >= 15 is 0 Å². The lowest BCUT2D eigenvalue weighted by Gasteiger charge is -2.38. The van der Waals surface area contributed by atoms with Crippen molar-refractivity contribution in [2.45, 2.75) is 41.5 Å². The summed E-state index contributed by atoms with van der Waals surface area (Å²) < 4.78 is 0. The van der Waals surface area contributed by atoms with E-state index in [0.717, 1.165) is 16.7 Å². The first-order valence-electron chi connectivity index (χ1n) is 14.8. The van der Waals surface area contributed by atoms with Gasteiger partial charge in [-0.05, 0) is 40.7 Å². The van der Waals surface area contributed by atoms with Gasteiger partial charge in [0.25, 0.3) is 0 Å². The second-order valence-corrected chi connectivity index (χ2v) is 12.7. The number of carbonyl (C=O) groups excluding carboxylic acids is 2. The molecule has 0 amide bonds. The predicted molar refractivity (Wildman–Crippen MR) is 181 cm³/mol. The number of rotatable bonds is 5. The van der Waals surface area contributed by atoms with Crippen LogP contribution in [0.4, 0.5) is 0 Å². The van der Waals surface area contributed by atoms with Gasteiger partial charge >= 0.3 is 0 Å². The van der Waals surface area contributed by atoms with Crippen LogP contribution in [0.1, 0.15) is 68.6 Å². The molecule has 0 bridgehead atoms. The van der Waals surface area contributed by atoms with Crippen LogP contribution in [-0.2, 0) is 4.79 Å². The van der Waals surface area contributed by atoms with Gasteiger partial charge < -0.3 is 0 Å². The zero-order valence-corrected chi connectivity index (χ0v) is 26.4. The lowest BCUT2D eigenvalue weighted by Crippen LogP contribution is -2.35.